The molecule has 1 aromatic heterocycles. The molecule has 6 nitrogen and oxygen atoms in total. The number of ether oxygens (including phenoxy) is 1. The summed E-state index contributed by atoms with van der Waals surface area (Å²) in [4.78, 5) is 12.2. The Balaban J connectivity index is 1.66. The Morgan fingerprint density at radius 2 is 1.91 bits per heavy atom. The maximum absolute atomic E-state index is 12.2. The van der Waals surface area contributed by atoms with Crippen molar-refractivity contribution < 1.29 is 14.6 Å². The van der Waals surface area contributed by atoms with Crippen molar-refractivity contribution >= 4 is 17.0 Å². The third kappa shape index (κ3) is 7.04. The van der Waals surface area contributed by atoms with Gasteiger partial charge in [-0.1, -0.05) is 58.6 Å². The van der Waals surface area contributed by atoms with Gasteiger partial charge in [-0.2, -0.15) is 15.4 Å². The van der Waals surface area contributed by atoms with E-state index in [2.05, 4.69) is 42.2 Å². The van der Waals surface area contributed by atoms with Crippen LogP contribution in [0.4, 0.5) is 0 Å². The second-order valence-electron chi connectivity index (χ2n) is 9.21. The van der Waals surface area contributed by atoms with Crippen LogP contribution in [-0.2, 0) is 22.4 Å². The Morgan fingerprint density at radius 3 is 2.70 bits per heavy atom. The molecule has 33 heavy (non-hydrogen) atoms. The number of aromatic hydroxyl groups is 1. The molecule has 0 radical (unpaired) electrons. The van der Waals surface area contributed by atoms with E-state index in [-0.39, 0.29) is 11.7 Å². The topological polar surface area (TPSA) is 88.1 Å². The molecule has 0 fully saturated rings. The number of aromatic amines is 1. The number of H-pyrrole nitrogens is 1. The van der Waals surface area contributed by atoms with Crippen molar-refractivity contribution in [3.8, 4) is 16.9 Å². The van der Waals surface area contributed by atoms with Gasteiger partial charge in [0, 0.05) is 17.5 Å². The molecule has 0 aliphatic heterocycles. The summed E-state index contributed by atoms with van der Waals surface area (Å²) in [6.07, 6.45) is 8.36. The summed E-state index contributed by atoms with van der Waals surface area (Å²) in [5.74, 6) is 0.758. The fraction of sp³-hybridized carbons (Fsp3) is 0.519. The first kappa shape index (κ1) is 24.7. The predicted molar refractivity (Wildman–Crippen MR) is 132 cm³/mol. The van der Waals surface area contributed by atoms with Crippen LogP contribution in [0.1, 0.15) is 76.8 Å². The first-order valence-electron chi connectivity index (χ1n) is 12.3. The lowest BCUT2D eigenvalue weighted by molar-refractivity contribution is -0.143. The lowest BCUT2D eigenvalue weighted by Crippen LogP contribution is -2.07. The summed E-state index contributed by atoms with van der Waals surface area (Å²) in [5, 5.41) is 22.0. The van der Waals surface area contributed by atoms with Crippen molar-refractivity contribution in [1.82, 2.24) is 15.4 Å². The molecule has 3 rings (SSSR count). The number of rotatable bonds is 13. The molecule has 0 saturated heterocycles. The molecule has 1 heterocycles. The van der Waals surface area contributed by atoms with E-state index in [9.17, 15) is 9.90 Å². The van der Waals surface area contributed by atoms with Gasteiger partial charge in [0.2, 0.25) is 0 Å². The molecule has 0 spiro atoms. The Labute approximate surface area is 196 Å². The number of hydrogen-bond acceptors (Lipinski definition) is 5. The molecule has 0 saturated carbocycles. The predicted octanol–water partition coefficient (Wildman–Crippen LogP) is 6.37. The molecule has 0 amide bonds. The summed E-state index contributed by atoms with van der Waals surface area (Å²) in [6, 6.07) is 9.57. The van der Waals surface area contributed by atoms with E-state index >= 15 is 0 Å². The number of esters is 1. The second-order valence-corrected chi connectivity index (χ2v) is 9.21. The Morgan fingerprint density at radius 1 is 1.06 bits per heavy atom. The van der Waals surface area contributed by atoms with Crippen LogP contribution >= 0.6 is 0 Å². The summed E-state index contributed by atoms with van der Waals surface area (Å²) < 4.78 is 5.41. The van der Waals surface area contributed by atoms with Crippen LogP contribution in [0.3, 0.4) is 0 Å². The highest BCUT2D eigenvalue weighted by Gasteiger charge is 2.17. The maximum Gasteiger partial charge on any atom is 0.306 e. The second kappa shape index (κ2) is 12.4. The van der Waals surface area contributed by atoms with Gasteiger partial charge in [-0.3, -0.25) is 4.79 Å². The van der Waals surface area contributed by atoms with Crippen molar-refractivity contribution in [3.05, 3.63) is 41.5 Å². The normalized spacial score (nSPS) is 11.4. The van der Waals surface area contributed by atoms with E-state index in [1.807, 2.05) is 18.2 Å². The highest BCUT2D eigenvalue weighted by molar-refractivity contribution is 5.95. The number of hydrogen-bond donors (Lipinski definition) is 2. The van der Waals surface area contributed by atoms with Gasteiger partial charge in [-0.05, 0) is 60.9 Å². The number of aromatic nitrogens is 3. The lowest BCUT2D eigenvalue weighted by atomic mass is 9.92. The van der Waals surface area contributed by atoms with Crippen molar-refractivity contribution in [2.75, 3.05) is 6.61 Å². The molecule has 2 N–H and O–H groups in total. The first-order valence-corrected chi connectivity index (χ1v) is 12.3. The number of phenols is 1. The highest BCUT2D eigenvalue weighted by Crippen LogP contribution is 2.37. The number of carbonyl (C=O) groups is 1. The molecule has 0 aliphatic carbocycles. The average molecular weight is 452 g/mol. The zero-order valence-electron chi connectivity index (χ0n) is 20.2. The molecular weight excluding hydrogens is 414 g/mol. The van der Waals surface area contributed by atoms with Gasteiger partial charge in [0.1, 0.15) is 16.8 Å². The minimum Gasteiger partial charge on any atom is -0.507 e. The van der Waals surface area contributed by atoms with E-state index in [1.54, 1.807) is 6.07 Å². The third-order valence-corrected chi connectivity index (χ3v) is 6.01. The summed E-state index contributed by atoms with van der Waals surface area (Å²) in [5.41, 5.74) is 5.30. The molecule has 0 unspecified atom stereocenters. The van der Waals surface area contributed by atoms with Crippen LogP contribution in [0.25, 0.3) is 22.2 Å². The largest absolute Gasteiger partial charge is 0.507 e. The minimum absolute atomic E-state index is 0.171. The first-order chi connectivity index (χ1) is 16.0. The van der Waals surface area contributed by atoms with Crippen molar-refractivity contribution in [1.29, 1.82) is 0 Å². The fourth-order valence-corrected chi connectivity index (χ4v) is 4.11. The molecule has 0 atom stereocenters. The molecule has 2 aromatic carbocycles. The number of nitrogens with one attached hydrogen (secondary N) is 1. The zero-order valence-corrected chi connectivity index (χ0v) is 20.2. The lowest BCUT2D eigenvalue weighted by Gasteiger charge is -2.13. The van der Waals surface area contributed by atoms with Crippen LogP contribution < -0.4 is 0 Å². The standard InChI is InChI=1S/C27H37N3O3/c1-4-5-10-21-13-14-23-27(29-30-28-23)26(21)22-18-20(11-15-24(22)31)12-16-25(32)33-17-8-6-7-9-19(2)3/h11,13-15,18-19,31H,4-10,12,16-17H2,1-3H3,(H,28,29,30). The summed E-state index contributed by atoms with van der Waals surface area (Å²) in [6.45, 7) is 7.11. The van der Waals surface area contributed by atoms with Gasteiger partial charge in [0.25, 0.3) is 0 Å². The Hall–Kier alpha value is -2.89. The van der Waals surface area contributed by atoms with Crippen molar-refractivity contribution in [2.45, 2.75) is 78.6 Å². The van der Waals surface area contributed by atoms with Gasteiger partial charge in [0.15, 0.2) is 0 Å². The van der Waals surface area contributed by atoms with Gasteiger partial charge >= 0.3 is 5.97 Å². The zero-order chi connectivity index (χ0) is 23.6. The van der Waals surface area contributed by atoms with Gasteiger partial charge in [-0.25, -0.2) is 0 Å². The number of benzene rings is 2. The highest BCUT2D eigenvalue weighted by atomic mass is 16.5. The molecular formula is C27H37N3O3. The molecule has 0 bridgehead atoms. The van der Waals surface area contributed by atoms with E-state index in [0.717, 1.165) is 71.3 Å². The monoisotopic (exact) mass is 451 g/mol. The van der Waals surface area contributed by atoms with Gasteiger partial charge in [0.05, 0.1) is 6.61 Å². The van der Waals surface area contributed by atoms with E-state index in [4.69, 9.17) is 4.74 Å². The number of phenolic OH excluding ortho intramolecular Hbond substituents is 1. The van der Waals surface area contributed by atoms with Crippen LogP contribution in [0, 0.1) is 5.92 Å². The third-order valence-electron chi connectivity index (χ3n) is 6.01. The van der Waals surface area contributed by atoms with Crippen LogP contribution in [0.2, 0.25) is 0 Å². The Bertz CT molecular complexity index is 1040. The number of fused-ring (bicyclic) bond motifs is 1. The van der Waals surface area contributed by atoms with Crippen LogP contribution in [0.15, 0.2) is 30.3 Å². The fourth-order valence-electron chi connectivity index (χ4n) is 4.11. The number of aryl methyl sites for hydroxylation is 2. The summed E-state index contributed by atoms with van der Waals surface area (Å²) in [7, 11) is 0. The van der Waals surface area contributed by atoms with Crippen LogP contribution in [-0.4, -0.2) is 33.1 Å². The average Bonchev–Trinajstić information content (AvgIpc) is 3.28. The molecule has 0 aliphatic rings. The van der Waals surface area contributed by atoms with E-state index in [0.29, 0.717) is 19.4 Å². The van der Waals surface area contributed by atoms with Gasteiger partial charge in [-0.15, -0.1) is 0 Å². The molecule has 3 aromatic rings. The molecule has 6 heteroatoms. The summed E-state index contributed by atoms with van der Waals surface area (Å²) >= 11 is 0. The van der Waals surface area contributed by atoms with Crippen LogP contribution in [0.5, 0.6) is 5.75 Å². The van der Waals surface area contributed by atoms with E-state index < -0.39 is 0 Å². The number of unbranched alkanes of at least 4 members (excludes halogenated alkanes) is 3. The maximum atomic E-state index is 12.2. The Kier molecular flexibility index (Phi) is 9.28. The number of nitrogens with zero attached hydrogens (tertiary/aromatic N) is 2. The van der Waals surface area contributed by atoms with Crippen molar-refractivity contribution in [3.63, 3.8) is 0 Å². The molecule has 178 valence electrons. The quantitative estimate of drug-likeness (QED) is 0.233. The smallest absolute Gasteiger partial charge is 0.306 e. The van der Waals surface area contributed by atoms with Gasteiger partial charge < -0.3 is 9.84 Å². The number of carbonyl (C=O) groups excluding carboxylic acids is 1. The van der Waals surface area contributed by atoms with E-state index in [1.165, 1.54) is 12.8 Å². The van der Waals surface area contributed by atoms with Crippen molar-refractivity contribution in [2.24, 2.45) is 5.92 Å². The minimum atomic E-state index is -0.171. The SMILES string of the molecule is CCCCc1ccc2n[nH]nc2c1-c1cc(CCC(=O)OCCCCCC(C)C)ccc1O.